The monoisotopic (exact) mass is 463 g/mol. The van der Waals surface area contributed by atoms with Gasteiger partial charge in [0, 0.05) is 46.5 Å². The number of hydrogen-bond donors (Lipinski definition) is 1. The number of hydrogen-bond acceptors (Lipinski definition) is 5. The highest BCUT2D eigenvalue weighted by Gasteiger charge is 2.47. The Morgan fingerprint density at radius 1 is 1.28 bits per heavy atom. The van der Waals surface area contributed by atoms with E-state index < -0.39 is 32.9 Å². The van der Waals surface area contributed by atoms with Gasteiger partial charge in [0.05, 0.1) is 5.69 Å². The fourth-order valence-electron chi connectivity index (χ4n) is 3.94. The number of halogens is 2. The van der Waals surface area contributed by atoms with Crippen LogP contribution in [0.1, 0.15) is 66.6 Å². The van der Waals surface area contributed by atoms with Crippen molar-refractivity contribution in [3.8, 4) is 0 Å². The van der Waals surface area contributed by atoms with Gasteiger partial charge in [0.1, 0.15) is 0 Å². The molecule has 32 heavy (non-hydrogen) atoms. The van der Waals surface area contributed by atoms with Crippen molar-refractivity contribution in [2.45, 2.75) is 50.7 Å². The molecule has 1 fully saturated rings. The lowest BCUT2D eigenvalue weighted by Gasteiger charge is -2.28. The molecular weight excluding hydrogens is 440 g/mol. The van der Waals surface area contributed by atoms with E-state index in [1.54, 1.807) is 16.9 Å². The van der Waals surface area contributed by atoms with Crippen molar-refractivity contribution >= 4 is 21.8 Å². The van der Waals surface area contributed by atoms with Crippen LogP contribution in [-0.2, 0) is 16.0 Å². The third-order valence-corrected chi connectivity index (χ3v) is 6.92. The maximum absolute atomic E-state index is 15.8. The maximum atomic E-state index is 15.8. The van der Waals surface area contributed by atoms with E-state index in [-0.39, 0.29) is 11.1 Å². The minimum Gasteiger partial charge on any atom is -0.268 e. The van der Waals surface area contributed by atoms with Crippen LogP contribution in [0.25, 0.3) is 5.65 Å². The van der Waals surface area contributed by atoms with E-state index in [0.29, 0.717) is 11.6 Å². The number of benzene rings is 1. The molecule has 1 aliphatic carbocycles. The van der Waals surface area contributed by atoms with E-state index in [0.717, 1.165) is 37.6 Å². The van der Waals surface area contributed by atoms with Crippen LogP contribution in [0.4, 0.5) is 8.87 Å². The number of carbonyl (C=O) groups excluding carboxylic acids is 1. The Morgan fingerprint density at radius 2 is 1.97 bits per heavy atom. The van der Waals surface area contributed by atoms with E-state index in [9.17, 15) is 13.2 Å². The summed E-state index contributed by atoms with van der Waals surface area (Å²) in [6, 6.07) is 9.18. The van der Waals surface area contributed by atoms with Crippen LogP contribution in [0.2, 0.25) is 0 Å². The highest BCUT2D eigenvalue weighted by Crippen LogP contribution is 2.37. The third-order valence-electron chi connectivity index (χ3n) is 5.76. The smallest absolute Gasteiger partial charge is 0.268 e. The Hall–Kier alpha value is -2.92. The Balaban J connectivity index is 1.62. The molecule has 2 aromatic heterocycles. The second-order valence-corrected chi connectivity index (χ2v) is 9.30. The molecule has 1 unspecified atom stereocenters. The van der Waals surface area contributed by atoms with Gasteiger partial charge in [-0.15, -0.1) is 4.48 Å². The summed E-state index contributed by atoms with van der Waals surface area (Å²) in [6.07, 6.45) is 6.00. The Labute approximate surface area is 184 Å². The number of amides is 1. The van der Waals surface area contributed by atoms with Crippen LogP contribution in [0.15, 0.2) is 48.8 Å². The number of alkyl halides is 1. The van der Waals surface area contributed by atoms with Crippen LogP contribution >= 0.6 is 0 Å². The van der Waals surface area contributed by atoms with Crippen LogP contribution in [0.5, 0.6) is 0 Å². The molecule has 1 aromatic carbocycles. The number of carbonyl (C=O) groups is 1. The predicted octanol–water partition coefficient (Wildman–Crippen LogP) is 3.78. The molecule has 11 heteroatoms. The Morgan fingerprint density at radius 3 is 2.62 bits per heavy atom. The Bertz CT molecular complexity index is 1230. The second kappa shape index (κ2) is 8.55. The molecule has 0 saturated heterocycles. The van der Waals surface area contributed by atoms with E-state index >= 15 is 8.87 Å². The summed E-state index contributed by atoms with van der Waals surface area (Å²) in [6.45, 7) is 1.29. The molecule has 3 aromatic rings. The first-order chi connectivity index (χ1) is 15.2. The zero-order valence-corrected chi connectivity index (χ0v) is 18.2. The summed E-state index contributed by atoms with van der Waals surface area (Å²) < 4.78 is 57.7. The molecule has 1 atom stereocenters. The van der Waals surface area contributed by atoms with Crippen LogP contribution < -0.4 is 4.72 Å². The van der Waals surface area contributed by atoms with Gasteiger partial charge in [-0.1, -0.05) is 38.0 Å². The molecule has 2 heterocycles. The zero-order chi connectivity index (χ0) is 22.9. The van der Waals surface area contributed by atoms with Gasteiger partial charge in [0.2, 0.25) is 5.79 Å². The van der Waals surface area contributed by atoms with Crippen molar-refractivity contribution in [3.05, 3.63) is 65.6 Å². The SMILES string of the molecule is CCC(F)(c1cnc2cc(C3CCCC3)nn2c1)N(F)S(=O)(=O)NC(=O)c1ccccc1. The Kier molecular flexibility index (Phi) is 5.95. The molecule has 4 rings (SSSR count). The fraction of sp³-hybridized carbons (Fsp3) is 0.381. The molecule has 1 saturated carbocycles. The highest BCUT2D eigenvalue weighted by atomic mass is 32.2. The normalized spacial score (nSPS) is 17.0. The number of fused-ring (bicyclic) bond motifs is 1. The molecule has 1 aliphatic rings. The highest BCUT2D eigenvalue weighted by molar-refractivity contribution is 7.87. The van der Waals surface area contributed by atoms with Gasteiger partial charge < -0.3 is 0 Å². The van der Waals surface area contributed by atoms with Gasteiger partial charge in [-0.2, -0.15) is 13.5 Å². The van der Waals surface area contributed by atoms with Gasteiger partial charge in [0.25, 0.3) is 5.91 Å². The maximum Gasteiger partial charge on any atom is 0.333 e. The number of rotatable bonds is 7. The van der Waals surface area contributed by atoms with Crippen molar-refractivity contribution in [2.75, 3.05) is 0 Å². The van der Waals surface area contributed by atoms with Crippen LogP contribution in [0, 0.1) is 0 Å². The molecule has 0 bridgehead atoms. The van der Waals surface area contributed by atoms with Gasteiger partial charge in [0.15, 0.2) is 5.65 Å². The molecule has 0 spiro atoms. The first kappa shape index (κ1) is 22.3. The van der Waals surface area contributed by atoms with Gasteiger partial charge in [-0.3, -0.25) is 4.79 Å². The van der Waals surface area contributed by atoms with Gasteiger partial charge >= 0.3 is 10.2 Å². The number of nitrogens with one attached hydrogen (secondary N) is 1. The van der Waals surface area contributed by atoms with E-state index in [1.165, 1.54) is 41.9 Å². The molecule has 170 valence electrons. The number of nitrogens with zero attached hydrogens (tertiary/aromatic N) is 4. The van der Waals surface area contributed by atoms with Crippen molar-refractivity contribution in [1.29, 1.82) is 0 Å². The quantitative estimate of drug-likeness (QED) is 0.425. The largest absolute Gasteiger partial charge is 0.333 e. The summed E-state index contributed by atoms with van der Waals surface area (Å²) in [7, 11) is -5.15. The lowest BCUT2D eigenvalue weighted by molar-refractivity contribution is -0.0944. The molecule has 0 radical (unpaired) electrons. The summed E-state index contributed by atoms with van der Waals surface area (Å²) >= 11 is 0. The minimum absolute atomic E-state index is 0.00972. The van der Waals surface area contributed by atoms with Crippen molar-refractivity contribution in [2.24, 2.45) is 0 Å². The zero-order valence-electron chi connectivity index (χ0n) is 17.4. The first-order valence-electron chi connectivity index (χ1n) is 10.4. The third kappa shape index (κ3) is 4.09. The van der Waals surface area contributed by atoms with Gasteiger partial charge in [-0.05, 0) is 25.0 Å². The lowest BCUT2D eigenvalue weighted by atomic mass is 10.0. The molecule has 0 aliphatic heterocycles. The topological polar surface area (TPSA) is 96.7 Å². The predicted molar refractivity (Wildman–Crippen MR) is 113 cm³/mol. The van der Waals surface area contributed by atoms with E-state index in [1.807, 2.05) is 0 Å². The lowest BCUT2D eigenvalue weighted by Crippen LogP contribution is -2.48. The second-order valence-electron chi connectivity index (χ2n) is 7.83. The van der Waals surface area contributed by atoms with Crippen molar-refractivity contribution in [3.63, 3.8) is 0 Å². The van der Waals surface area contributed by atoms with Gasteiger partial charge in [-0.25, -0.2) is 18.6 Å². The number of aromatic nitrogens is 3. The average Bonchev–Trinajstić information content (AvgIpc) is 3.47. The summed E-state index contributed by atoms with van der Waals surface area (Å²) in [5, 5.41) is 4.44. The van der Waals surface area contributed by atoms with Crippen LogP contribution in [-0.4, -0.2) is 33.5 Å². The first-order valence-corrected chi connectivity index (χ1v) is 11.8. The molecular formula is C21H23F2N5O3S. The molecule has 8 nitrogen and oxygen atoms in total. The molecule has 1 N–H and O–H groups in total. The summed E-state index contributed by atoms with van der Waals surface area (Å²) in [5.74, 6) is -3.87. The summed E-state index contributed by atoms with van der Waals surface area (Å²) in [4.78, 5) is 16.3. The summed E-state index contributed by atoms with van der Waals surface area (Å²) in [5.41, 5.74) is 0.936. The van der Waals surface area contributed by atoms with E-state index in [2.05, 4.69) is 10.1 Å². The van der Waals surface area contributed by atoms with Crippen molar-refractivity contribution < 1.29 is 22.1 Å². The van der Waals surface area contributed by atoms with Crippen LogP contribution in [0.3, 0.4) is 0 Å². The van der Waals surface area contributed by atoms with E-state index in [4.69, 9.17) is 0 Å². The fourth-order valence-corrected chi connectivity index (χ4v) is 4.99. The average molecular weight is 464 g/mol. The van der Waals surface area contributed by atoms with Crippen molar-refractivity contribution in [1.82, 2.24) is 23.8 Å². The standard InChI is InChI=1S/C21H23F2N5O3S/c1-2-21(22,28(23)32(30,31)26-20(29)16-10-4-3-5-11-16)17-13-24-19-12-18(25-27(19)14-17)15-8-6-7-9-15/h3-5,10-15H,2,6-9H2,1H3,(H,26,29). The molecule has 1 amide bonds. The minimum atomic E-state index is -5.15.